The van der Waals surface area contributed by atoms with Crippen molar-refractivity contribution in [3.8, 4) is 0 Å². The van der Waals surface area contributed by atoms with Crippen LogP contribution in [0.2, 0.25) is 0 Å². The van der Waals surface area contributed by atoms with Gasteiger partial charge in [-0.25, -0.2) is 0 Å². The molecule has 0 aliphatic heterocycles. The minimum absolute atomic E-state index is 0.117. The third-order valence-corrected chi connectivity index (χ3v) is 3.03. The average Bonchev–Trinajstić information content (AvgIpc) is 2.37. The number of nitrogens with one attached hydrogen (secondary N) is 2. The van der Waals surface area contributed by atoms with E-state index in [-0.39, 0.29) is 17.4 Å². The Balaban J connectivity index is 2.57. The molecule has 4 N–H and O–H groups in total. The van der Waals surface area contributed by atoms with Crippen LogP contribution in [0.5, 0.6) is 0 Å². The lowest BCUT2D eigenvalue weighted by molar-refractivity contribution is -0.119. The number of ether oxygens (including phenoxy) is 1. The molecule has 0 aliphatic rings. The number of benzene rings is 1. The molecule has 0 saturated heterocycles. The standard InChI is InChI=1S/C12H16BrN3O2S/c1-18-5-4-15-11(17)7-16-10-3-2-8(13)6-9(10)12(14)19/h2-3,6,16H,4-5,7H2,1H3,(H2,14,19)(H,15,17). The summed E-state index contributed by atoms with van der Waals surface area (Å²) in [5, 5.41) is 5.72. The van der Waals surface area contributed by atoms with Crippen LogP contribution >= 0.6 is 28.1 Å². The molecule has 0 atom stereocenters. The molecule has 104 valence electrons. The third-order valence-electron chi connectivity index (χ3n) is 2.31. The van der Waals surface area contributed by atoms with Crippen LogP contribution in [0.1, 0.15) is 5.56 Å². The first-order valence-electron chi connectivity index (χ1n) is 5.63. The molecule has 0 fully saturated rings. The maximum absolute atomic E-state index is 11.5. The Morgan fingerprint density at radius 2 is 2.26 bits per heavy atom. The normalized spacial score (nSPS) is 10.0. The van der Waals surface area contributed by atoms with Crippen molar-refractivity contribution in [1.29, 1.82) is 0 Å². The zero-order valence-corrected chi connectivity index (χ0v) is 12.9. The van der Waals surface area contributed by atoms with E-state index < -0.39 is 0 Å². The monoisotopic (exact) mass is 345 g/mol. The van der Waals surface area contributed by atoms with Crippen molar-refractivity contribution in [3.63, 3.8) is 0 Å². The molecule has 7 heteroatoms. The molecule has 0 spiro atoms. The van der Waals surface area contributed by atoms with E-state index in [1.54, 1.807) is 7.11 Å². The lowest BCUT2D eigenvalue weighted by atomic mass is 10.2. The number of rotatable bonds is 7. The molecule has 1 aromatic rings. The molecule has 0 bridgehead atoms. The van der Waals surface area contributed by atoms with Gasteiger partial charge in [0.15, 0.2) is 0 Å². The van der Waals surface area contributed by atoms with Gasteiger partial charge in [0.1, 0.15) is 4.99 Å². The maximum Gasteiger partial charge on any atom is 0.239 e. The maximum atomic E-state index is 11.5. The van der Waals surface area contributed by atoms with Crippen LogP contribution in [0.3, 0.4) is 0 Å². The van der Waals surface area contributed by atoms with E-state index in [1.165, 1.54) is 0 Å². The number of carbonyl (C=O) groups excluding carboxylic acids is 1. The van der Waals surface area contributed by atoms with E-state index in [0.29, 0.717) is 18.7 Å². The fourth-order valence-corrected chi connectivity index (χ4v) is 1.93. The summed E-state index contributed by atoms with van der Waals surface area (Å²) in [6, 6.07) is 5.49. The highest BCUT2D eigenvalue weighted by Gasteiger charge is 2.07. The topological polar surface area (TPSA) is 76.4 Å². The van der Waals surface area contributed by atoms with Gasteiger partial charge in [0.05, 0.1) is 13.2 Å². The van der Waals surface area contributed by atoms with Crippen LogP contribution in [0, 0.1) is 0 Å². The van der Waals surface area contributed by atoms with E-state index in [9.17, 15) is 4.79 Å². The molecule has 0 aliphatic carbocycles. The summed E-state index contributed by atoms with van der Waals surface area (Å²) in [4.78, 5) is 11.8. The highest BCUT2D eigenvalue weighted by Crippen LogP contribution is 2.20. The van der Waals surface area contributed by atoms with Crippen molar-refractivity contribution in [2.75, 3.05) is 32.1 Å². The highest BCUT2D eigenvalue weighted by molar-refractivity contribution is 9.10. The fraction of sp³-hybridized carbons (Fsp3) is 0.333. The van der Waals surface area contributed by atoms with Gasteiger partial charge in [0, 0.05) is 29.4 Å². The summed E-state index contributed by atoms with van der Waals surface area (Å²) >= 11 is 8.33. The Kier molecular flexibility index (Phi) is 6.75. The molecule has 19 heavy (non-hydrogen) atoms. The van der Waals surface area contributed by atoms with Gasteiger partial charge in [0.25, 0.3) is 0 Å². The quantitative estimate of drug-likeness (QED) is 0.512. The summed E-state index contributed by atoms with van der Waals surface area (Å²) in [6.45, 7) is 1.13. The lowest BCUT2D eigenvalue weighted by Crippen LogP contribution is -2.32. The van der Waals surface area contributed by atoms with Crippen LogP contribution in [-0.4, -0.2) is 37.7 Å². The van der Waals surface area contributed by atoms with Gasteiger partial charge in [-0.05, 0) is 18.2 Å². The average molecular weight is 346 g/mol. The Morgan fingerprint density at radius 3 is 2.89 bits per heavy atom. The first-order valence-corrected chi connectivity index (χ1v) is 6.83. The number of carbonyl (C=O) groups is 1. The van der Waals surface area contributed by atoms with Crippen LogP contribution in [-0.2, 0) is 9.53 Å². The van der Waals surface area contributed by atoms with Crippen molar-refractivity contribution in [3.05, 3.63) is 28.2 Å². The number of hydrogen-bond donors (Lipinski definition) is 3. The Morgan fingerprint density at radius 1 is 1.53 bits per heavy atom. The fourth-order valence-electron chi connectivity index (χ4n) is 1.40. The van der Waals surface area contributed by atoms with E-state index in [0.717, 1.165) is 10.2 Å². The van der Waals surface area contributed by atoms with Crippen molar-refractivity contribution < 1.29 is 9.53 Å². The van der Waals surface area contributed by atoms with Crippen molar-refractivity contribution in [1.82, 2.24) is 5.32 Å². The largest absolute Gasteiger partial charge is 0.389 e. The zero-order valence-electron chi connectivity index (χ0n) is 10.5. The summed E-state index contributed by atoms with van der Waals surface area (Å²) in [6.07, 6.45) is 0. The number of halogens is 1. The summed E-state index contributed by atoms with van der Waals surface area (Å²) in [5.74, 6) is -0.117. The van der Waals surface area contributed by atoms with Crippen molar-refractivity contribution >= 4 is 44.7 Å². The molecule has 5 nitrogen and oxygen atoms in total. The third kappa shape index (κ3) is 5.54. The molecule has 1 rings (SSSR count). The van der Waals surface area contributed by atoms with E-state index in [2.05, 4.69) is 26.6 Å². The van der Waals surface area contributed by atoms with E-state index >= 15 is 0 Å². The second kappa shape index (κ2) is 8.08. The van der Waals surface area contributed by atoms with E-state index in [4.69, 9.17) is 22.7 Å². The van der Waals surface area contributed by atoms with Gasteiger partial charge >= 0.3 is 0 Å². The van der Waals surface area contributed by atoms with Gasteiger partial charge in [-0.1, -0.05) is 28.1 Å². The van der Waals surface area contributed by atoms with E-state index in [1.807, 2.05) is 18.2 Å². The first kappa shape index (κ1) is 15.9. The Hall–Kier alpha value is -1.18. The molecule has 0 radical (unpaired) electrons. The molecule has 0 saturated carbocycles. The van der Waals surface area contributed by atoms with Crippen LogP contribution < -0.4 is 16.4 Å². The number of nitrogens with two attached hydrogens (primary N) is 1. The molecule has 1 aromatic carbocycles. The minimum Gasteiger partial charge on any atom is -0.389 e. The SMILES string of the molecule is COCCNC(=O)CNc1ccc(Br)cc1C(N)=S. The predicted octanol–water partition coefficient (Wildman–Crippen LogP) is 1.26. The second-order valence-electron chi connectivity index (χ2n) is 3.75. The summed E-state index contributed by atoms with van der Waals surface area (Å²) < 4.78 is 5.72. The minimum atomic E-state index is -0.117. The zero-order chi connectivity index (χ0) is 14.3. The van der Waals surface area contributed by atoms with Gasteiger partial charge in [-0.3, -0.25) is 4.79 Å². The predicted molar refractivity (Wildman–Crippen MR) is 83.4 cm³/mol. The number of hydrogen-bond acceptors (Lipinski definition) is 4. The molecular weight excluding hydrogens is 330 g/mol. The highest BCUT2D eigenvalue weighted by atomic mass is 79.9. The Labute approximate surface area is 126 Å². The van der Waals surface area contributed by atoms with Gasteiger partial charge < -0.3 is 21.1 Å². The Bertz CT molecular complexity index is 468. The lowest BCUT2D eigenvalue weighted by Gasteiger charge is -2.11. The van der Waals surface area contributed by atoms with Crippen molar-refractivity contribution in [2.45, 2.75) is 0 Å². The van der Waals surface area contributed by atoms with Crippen LogP contribution in [0.4, 0.5) is 5.69 Å². The molecule has 0 unspecified atom stereocenters. The number of methoxy groups -OCH3 is 1. The number of anilines is 1. The molecule has 0 heterocycles. The first-order chi connectivity index (χ1) is 9.04. The van der Waals surface area contributed by atoms with Gasteiger partial charge in [-0.2, -0.15) is 0 Å². The van der Waals surface area contributed by atoms with Crippen molar-refractivity contribution in [2.24, 2.45) is 5.73 Å². The van der Waals surface area contributed by atoms with Gasteiger partial charge in [0.2, 0.25) is 5.91 Å². The number of thiocarbonyl (C=S) groups is 1. The van der Waals surface area contributed by atoms with Crippen LogP contribution in [0.25, 0.3) is 0 Å². The number of amides is 1. The molecule has 0 aromatic heterocycles. The van der Waals surface area contributed by atoms with Crippen LogP contribution in [0.15, 0.2) is 22.7 Å². The second-order valence-corrected chi connectivity index (χ2v) is 5.11. The summed E-state index contributed by atoms with van der Waals surface area (Å²) in [7, 11) is 1.58. The molecular formula is C12H16BrN3O2S. The smallest absolute Gasteiger partial charge is 0.239 e. The van der Waals surface area contributed by atoms with Gasteiger partial charge in [-0.15, -0.1) is 0 Å². The summed E-state index contributed by atoms with van der Waals surface area (Å²) in [5.41, 5.74) is 7.08. The molecule has 1 amide bonds.